The standard InChI is InChI=1S/C12H21N3O3S/c1-3-4-12(5-7-13-8-6-12)11-14-10(15-18-11)9-19(2,16)17/h13H,3-9H2,1-2H3. The van der Waals surface area contributed by atoms with Crippen molar-refractivity contribution in [1.82, 2.24) is 15.5 Å². The summed E-state index contributed by atoms with van der Waals surface area (Å²) >= 11 is 0. The van der Waals surface area contributed by atoms with Gasteiger partial charge in [-0.25, -0.2) is 8.42 Å². The van der Waals surface area contributed by atoms with Crippen molar-refractivity contribution in [3.8, 4) is 0 Å². The molecule has 0 atom stereocenters. The monoisotopic (exact) mass is 287 g/mol. The van der Waals surface area contributed by atoms with Crippen LogP contribution >= 0.6 is 0 Å². The molecule has 0 spiro atoms. The van der Waals surface area contributed by atoms with E-state index in [4.69, 9.17) is 4.52 Å². The molecule has 1 aromatic heterocycles. The molecule has 1 saturated heterocycles. The molecular weight excluding hydrogens is 266 g/mol. The van der Waals surface area contributed by atoms with Gasteiger partial charge in [0, 0.05) is 6.26 Å². The van der Waals surface area contributed by atoms with Crippen LogP contribution < -0.4 is 5.32 Å². The van der Waals surface area contributed by atoms with Crippen molar-refractivity contribution in [1.29, 1.82) is 0 Å². The van der Waals surface area contributed by atoms with E-state index in [-0.39, 0.29) is 17.0 Å². The summed E-state index contributed by atoms with van der Waals surface area (Å²) in [6.45, 7) is 4.01. The van der Waals surface area contributed by atoms with Crippen molar-refractivity contribution >= 4 is 9.84 Å². The van der Waals surface area contributed by atoms with E-state index in [9.17, 15) is 8.42 Å². The molecule has 0 aromatic carbocycles. The number of hydrogen-bond acceptors (Lipinski definition) is 6. The first kappa shape index (κ1) is 14.5. The summed E-state index contributed by atoms with van der Waals surface area (Å²) in [5.41, 5.74) is -0.0806. The van der Waals surface area contributed by atoms with Gasteiger partial charge in [0.25, 0.3) is 0 Å². The summed E-state index contributed by atoms with van der Waals surface area (Å²) < 4.78 is 27.9. The van der Waals surface area contributed by atoms with Gasteiger partial charge in [-0.3, -0.25) is 0 Å². The molecule has 0 saturated carbocycles. The maximum absolute atomic E-state index is 11.3. The van der Waals surface area contributed by atoms with Crippen LogP contribution in [0, 0.1) is 0 Å². The minimum atomic E-state index is -3.12. The Kier molecular flexibility index (Phi) is 4.25. The van der Waals surface area contributed by atoms with Gasteiger partial charge in [-0.1, -0.05) is 18.5 Å². The molecule has 0 unspecified atom stereocenters. The molecule has 0 amide bonds. The summed E-state index contributed by atoms with van der Waals surface area (Å²) in [7, 11) is -3.12. The molecule has 6 nitrogen and oxygen atoms in total. The molecule has 19 heavy (non-hydrogen) atoms. The molecule has 2 heterocycles. The van der Waals surface area contributed by atoms with Crippen LogP contribution in [0.25, 0.3) is 0 Å². The fourth-order valence-corrected chi connectivity index (χ4v) is 3.30. The molecule has 0 radical (unpaired) electrons. The van der Waals surface area contributed by atoms with E-state index < -0.39 is 9.84 Å². The van der Waals surface area contributed by atoms with E-state index in [2.05, 4.69) is 22.4 Å². The van der Waals surface area contributed by atoms with Crippen LogP contribution in [0.5, 0.6) is 0 Å². The molecule has 7 heteroatoms. The highest BCUT2D eigenvalue weighted by Gasteiger charge is 2.38. The zero-order valence-corrected chi connectivity index (χ0v) is 12.3. The molecule has 1 fully saturated rings. The lowest BCUT2D eigenvalue weighted by atomic mass is 9.75. The Balaban J connectivity index is 2.23. The van der Waals surface area contributed by atoms with Crippen molar-refractivity contribution < 1.29 is 12.9 Å². The van der Waals surface area contributed by atoms with E-state index in [0.29, 0.717) is 5.89 Å². The number of rotatable bonds is 5. The Morgan fingerprint density at radius 1 is 1.37 bits per heavy atom. The predicted octanol–water partition coefficient (Wildman–Crippen LogP) is 1.04. The second-order valence-corrected chi connectivity index (χ2v) is 7.51. The van der Waals surface area contributed by atoms with Gasteiger partial charge in [0.05, 0.1) is 5.41 Å². The average molecular weight is 287 g/mol. The SMILES string of the molecule is CCCC1(c2nc(CS(C)(=O)=O)no2)CCNCC1. The summed E-state index contributed by atoms with van der Waals surface area (Å²) in [5, 5.41) is 7.15. The van der Waals surface area contributed by atoms with Crippen LogP contribution in [0.3, 0.4) is 0 Å². The number of sulfone groups is 1. The highest BCUT2D eigenvalue weighted by atomic mass is 32.2. The molecule has 1 aliphatic rings. The van der Waals surface area contributed by atoms with Crippen LogP contribution in [0.4, 0.5) is 0 Å². The smallest absolute Gasteiger partial charge is 0.232 e. The Bertz CT molecular complexity index is 513. The lowest BCUT2D eigenvalue weighted by Crippen LogP contribution is -2.40. The minimum Gasteiger partial charge on any atom is -0.339 e. The van der Waals surface area contributed by atoms with Crippen LogP contribution in [0.1, 0.15) is 44.3 Å². The van der Waals surface area contributed by atoms with Gasteiger partial charge in [0.2, 0.25) is 5.89 Å². The van der Waals surface area contributed by atoms with Crippen molar-refractivity contribution in [2.24, 2.45) is 0 Å². The maximum atomic E-state index is 11.3. The molecule has 0 aliphatic carbocycles. The van der Waals surface area contributed by atoms with Crippen molar-refractivity contribution in [3.63, 3.8) is 0 Å². The fourth-order valence-electron chi connectivity index (χ4n) is 2.72. The second-order valence-electron chi connectivity index (χ2n) is 5.37. The number of nitrogens with zero attached hydrogens (tertiary/aromatic N) is 2. The number of piperidine rings is 1. The summed E-state index contributed by atoms with van der Waals surface area (Å²) in [6, 6.07) is 0. The zero-order chi connectivity index (χ0) is 13.9. The quantitative estimate of drug-likeness (QED) is 0.871. The Morgan fingerprint density at radius 3 is 2.63 bits per heavy atom. The van der Waals surface area contributed by atoms with Crippen molar-refractivity contribution in [2.45, 2.75) is 43.8 Å². The van der Waals surface area contributed by atoms with E-state index >= 15 is 0 Å². The van der Waals surface area contributed by atoms with Crippen LogP contribution in [-0.4, -0.2) is 37.9 Å². The molecule has 108 valence electrons. The third-order valence-corrected chi connectivity index (χ3v) is 4.38. The highest BCUT2D eigenvalue weighted by Crippen LogP contribution is 2.36. The molecule has 2 rings (SSSR count). The Hall–Kier alpha value is -0.950. The first-order valence-electron chi connectivity index (χ1n) is 6.67. The van der Waals surface area contributed by atoms with Gasteiger partial charge in [0.1, 0.15) is 5.75 Å². The second kappa shape index (κ2) is 5.58. The number of nitrogens with one attached hydrogen (secondary N) is 1. The third-order valence-electron chi connectivity index (χ3n) is 3.60. The zero-order valence-electron chi connectivity index (χ0n) is 11.5. The van der Waals surface area contributed by atoms with Gasteiger partial charge in [0.15, 0.2) is 15.7 Å². The lowest BCUT2D eigenvalue weighted by molar-refractivity contribution is 0.208. The van der Waals surface area contributed by atoms with E-state index in [1.165, 1.54) is 6.26 Å². The first-order valence-corrected chi connectivity index (χ1v) is 8.73. The largest absolute Gasteiger partial charge is 0.339 e. The van der Waals surface area contributed by atoms with Crippen LogP contribution in [-0.2, 0) is 21.0 Å². The summed E-state index contributed by atoms with van der Waals surface area (Å²) in [5.74, 6) is 0.720. The highest BCUT2D eigenvalue weighted by molar-refractivity contribution is 7.89. The minimum absolute atomic E-state index is 0.0806. The maximum Gasteiger partial charge on any atom is 0.232 e. The number of hydrogen-bond donors (Lipinski definition) is 1. The van der Waals surface area contributed by atoms with Crippen molar-refractivity contribution in [2.75, 3.05) is 19.3 Å². The summed E-state index contributed by atoms with van der Waals surface area (Å²) in [6.07, 6.45) is 5.14. The topological polar surface area (TPSA) is 85.1 Å². The average Bonchev–Trinajstić information content (AvgIpc) is 2.77. The van der Waals surface area contributed by atoms with Crippen LogP contribution in [0.15, 0.2) is 4.52 Å². The van der Waals surface area contributed by atoms with E-state index in [0.717, 1.165) is 38.8 Å². The molecule has 0 bridgehead atoms. The third kappa shape index (κ3) is 3.54. The van der Waals surface area contributed by atoms with Gasteiger partial charge in [-0.2, -0.15) is 4.98 Å². The van der Waals surface area contributed by atoms with Gasteiger partial charge in [-0.05, 0) is 32.4 Å². The molecule has 1 aliphatic heterocycles. The van der Waals surface area contributed by atoms with Crippen molar-refractivity contribution in [3.05, 3.63) is 11.7 Å². The summed E-state index contributed by atoms with van der Waals surface area (Å²) in [4.78, 5) is 4.33. The Morgan fingerprint density at radius 2 is 2.05 bits per heavy atom. The normalized spacial score (nSPS) is 19.5. The molecule has 1 N–H and O–H groups in total. The molecular formula is C12H21N3O3S. The van der Waals surface area contributed by atoms with E-state index in [1.807, 2.05) is 0 Å². The first-order chi connectivity index (χ1) is 8.95. The Labute approximate surface area is 113 Å². The van der Waals surface area contributed by atoms with Gasteiger partial charge < -0.3 is 9.84 Å². The van der Waals surface area contributed by atoms with Gasteiger partial charge in [-0.15, -0.1) is 0 Å². The fraction of sp³-hybridized carbons (Fsp3) is 0.833. The van der Waals surface area contributed by atoms with Gasteiger partial charge >= 0.3 is 0 Å². The molecule has 1 aromatic rings. The van der Waals surface area contributed by atoms with E-state index in [1.54, 1.807) is 0 Å². The lowest BCUT2D eigenvalue weighted by Gasteiger charge is -2.34. The number of aromatic nitrogens is 2. The predicted molar refractivity (Wildman–Crippen MR) is 71.5 cm³/mol. The van der Waals surface area contributed by atoms with Crippen LogP contribution in [0.2, 0.25) is 0 Å².